The predicted molar refractivity (Wildman–Crippen MR) is 78.7 cm³/mol. The van der Waals surface area contributed by atoms with Crippen LogP contribution in [0.25, 0.3) is 0 Å². The molecule has 2 saturated carbocycles. The number of hydrogen-bond acceptors (Lipinski definition) is 3. The molecule has 0 aromatic carbocycles. The van der Waals surface area contributed by atoms with Gasteiger partial charge in [0.25, 0.3) is 0 Å². The first-order valence-corrected chi connectivity index (χ1v) is 8.23. The molecule has 1 N–H and O–H groups in total. The van der Waals surface area contributed by atoms with Gasteiger partial charge >= 0.3 is 0 Å². The van der Waals surface area contributed by atoms with E-state index in [4.69, 9.17) is 4.74 Å². The molecule has 2 aliphatic carbocycles. The van der Waals surface area contributed by atoms with Crippen molar-refractivity contribution in [3.8, 4) is 0 Å². The van der Waals surface area contributed by atoms with Crippen LogP contribution in [-0.2, 0) is 14.3 Å². The Bertz CT molecular complexity index is 427. The van der Waals surface area contributed by atoms with Crippen molar-refractivity contribution in [2.75, 3.05) is 13.7 Å². The Morgan fingerprint density at radius 1 is 1.29 bits per heavy atom. The number of piperazine rings is 1. The van der Waals surface area contributed by atoms with E-state index in [2.05, 4.69) is 5.32 Å². The third kappa shape index (κ3) is 2.56. The molecule has 1 aliphatic heterocycles. The summed E-state index contributed by atoms with van der Waals surface area (Å²) in [5.41, 5.74) is -0.636. The van der Waals surface area contributed by atoms with Crippen LogP contribution in [0.5, 0.6) is 0 Å². The van der Waals surface area contributed by atoms with Crippen LogP contribution in [-0.4, -0.2) is 48.1 Å². The lowest BCUT2D eigenvalue weighted by atomic mass is 9.77. The van der Waals surface area contributed by atoms with Gasteiger partial charge < -0.3 is 15.0 Å². The maximum Gasteiger partial charge on any atom is 0.249 e. The smallest absolute Gasteiger partial charge is 0.249 e. The molecule has 0 aromatic rings. The molecule has 3 fully saturated rings. The summed E-state index contributed by atoms with van der Waals surface area (Å²) >= 11 is 0. The molecule has 5 nitrogen and oxygen atoms in total. The van der Waals surface area contributed by atoms with Crippen LogP contribution in [0.1, 0.15) is 51.9 Å². The fourth-order valence-corrected chi connectivity index (χ4v) is 4.01. The SMILES string of the molecule is COCC(C)N1C(=O)C2(CCCCC2)NC(=O)C1C1CC1. The first-order chi connectivity index (χ1) is 10.1. The minimum atomic E-state index is -0.636. The van der Waals surface area contributed by atoms with Gasteiger partial charge in [-0.05, 0) is 38.5 Å². The molecule has 0 aromatic heterocycles. The fourth-order valence-electron chi connectivity index (χ4n) is 4.01. The zero-order valence-electron chi connectivity index (χ0n) is 13.1. The van der Waals surface area contributed by atoms with E-state index in [1.165, 1.54) is 0 Å². The Balaban J connectivity index is 1.89. The normalized spacial score (nSPS) is 30.4. The molecule has 2 amide bonds. The van der Waals surface area contributed by atoms with Crippen LogP contribution in [0.15, 0.2) is 0 Å². The molecule has 0 bridgehead atoms. The van der Waals surface area contributed by atoms with E-state index in [0.29, 0.717) is 12.5 Å². The number of amides is 2. The first kappa shape index (κ1) is 14.8. The van der Waals surface area contributed by atoms with Crippen molar-refractivity contribution in [1.82, 2.24) is 10.2 Å². The quantitative estimate of drug-likeness (QED) is 0.854. The first-order valence-electron chi connectivity index (χ1n) is 8.23. The summed E-state index contributed by atoms with van der Waals surface area (Å²) in [5, 5.41) is 3.11. The van der Waals surface area contributed by atoms with Gasteiger partial charge in [0.1, 0.15) is 11.6 Å². The van der Waals surface area contributed by atoms with Crippen molar-refractivity contribution < 1.29 is 14.3 Å². The molecule has 1 spiro atoms. The van der Waals surface area contributed by atoms with Gasteiger partial charge in [-0.2, -0.15) is 0 Å². The van der Waals surface area contributed by atoms with E-state index in [9.17, 15) is 9.59 Å². The van der Waals surface area contributed by atoms with Crippen LogP contribution < -0.4 is 5.32 Å². The van der Waals surface area contributed by atoms with Gasteiger partial charge in [0, 0.05) is 7.11 Å². The molecule has 3 rings (SSSR count). The van der Waals surface area contributed by atoms with Gasteiger partial charge in [0.05, 0.1) is 12.6 Å². The van der Waals surface area contributed by atoms with Crippen LogP contribution >= 0.6 is 0 Å². The summed E-state index contributed by atoms with van der Waals surface area (Å²) in [5.74, 6) is 0.527. The molecule has 2 unspecified atom stereocenters. The van der Waals surface area contributed by atoms with E-state index in [0.717, 1.165) is 44.9 Å². The number of carbonyl (C=O) groups is 2. The fraction of sp³-hybridized carbons (Fsp3) is 0.875. The minimum Gasteiger partial charge on any atom is -0.383 e. The molecule has 1 heterocycles. The van der Waals surface area contributed by atoms with Gasteiger partial charge in [0.15, 0.2) is 0 Å². The molecule has 21 heavy (non-hydrogen) atoms. The van der Waals surface area contributed by atoms with Crippen molar-refractivity contribution >= 4 is 11.8 Å². The third-order valence-electron chi connectivity index (χ3n) is 5.23. The zero-order valence-corrected chi connectivity index (χ0v) is 13.1. The Labute approximate surface area is 126 Å². The van der Waals surface area contributed by atoms with Crippen LogP contribution in [0.3, 0.4) is 0 Å². The average molecular weight is 294 g/mol. The van der Waals surface area contributed by atoms with Gasteiger partial charge in [-0.3, -0.25) is 9.59 Å². The Morgan fingerprint density at radius 3 is 2.52 bits per heavy atom. The maximum atomic E-state index is 13.2. The van der Waals surface area contributed by atoms with Crippen LogP contribution in [0.4, 0.5) is 0 Å². The molecule has 5 heteroatoms. The Kier molecular flexibility index (Phi) is 3.95. The highest BCUT2D eigenvalue weighted by Gasteiger charge is 2.55. The van der Waals surface area contributed by atoms with E-state index >= 15 is 0 Å². The average Bonchev–Trinajstić information content (AvgIpc) is 3.28. The lowest BCUT2D eigenvalue weighted by Crippen LogP contribution is -2.73. The Hall–Kier alpha value is -1.10. The molecule has 2 atom stereocenters. The Morgan fingerprint density at radius 2 is 1.95 bits per heavy atom. The number of ether oxygens (including phenoxy) is 1. The van der Waals surface area contributed by atoms with E-state index in [1.807, 2.05) is 11.8 Å². The second kappa shape index (κ2) is 5.59. The van der Waals surface area contributed by atoms with Crippen LogP contribution in [0, 0.1) is 5.92 Å². The summed E-state index contributed by atoms with van der Waals surface area (Å²) < 4.78 is 5.24. The van der Waals surface area contributed by atoms with Crippen molar-refractivity contribution in [2.45, 2.75) is 69.5 Å². The topological polar surface area (TPSA) is 58.6 Å². The van der Waals surface area contributed by atoms with Gasteiger partial charge in [-0.1, -0.05) is 19.3 Å². The number of methoxy groups -OCH3 is 1. The molecule has 1 saturated heterocycles. The van der Waals surface area contributed by atoms with Crippen molar-refractivity contribution in [3.63, 3.8) is 0 Å². The predicted octanol–water partition coefficient (Wildman–Crippen LogP) is 1.46. The van der Waals surface area contributed by atoms with E-state index < -0.39 is 5.54 Å². The zero-order chi connectivity index (χ0) is 15.0. The molecule has 3 aliphatic rings. The summed E-state index contributed by atoms with van der Waals surface area (Å²) in [4.78, 5) is 27.7. The highest BCUT2D eigenvalue weighted by atomic mass is 16.5. The summed E-state index contributed by atoms with van der Waals surface area (Å²) in [6.07, 6.45) is 6.86. The van der Waals surface area contributed by atoms with Crippen molar-refractivity contribution in [3.05, 3.63) is 0 Å². The molecular formula is C16H26N2O3. The number of nitrogens with one attached hydrogen (secondary N) is 1. The van der Waals surface area contributed by atoms with E-state index in [1.54, 1.807) is 7.11 Å². The number of nitrogens with zero attached hydrogens (tertiary/aromatic N) is 1. The lowest BCUT2D eigenvalue weighted by Gasteiger charge is -2.49. The molecular weight excluding hydrogens is 268 g/mol. The van der Waals surface area contributed by atoms with Crippen LogP contribution in [0.2, 0.25) is 0 Å². The van der Waals surface area contributed by atoms with Crippen molar-refractivity contribution in [2.24, 2.45) is 5.92 Å². The highest BCUT2D eigenvalue weighted by molar-refractivity contribution is 6.00. The minimum absolute atomic E-state index is 0.0436. The number of hydrogen-bond donors (Lipinski definition) is 1. The van der Waals surface area contributed by atoms with Gasteiger partial charge in [-0.15, -0.1) is 0 Å². The third-order valence-corrected chi connectivity index (χ3v) is 5.23. The number of carbonyl (C=O) groups excluding carboxylic acids is 2. The van der Waals surface area contributed by atoms with Gasteiger partial charge in [-0.25, -0.2) is 0 Å². The molecule has 0 radical (unpaired) electrons. The second-order valence-electron chi connectivity index (χ2n) is 6.93. The largest absolute Gasteiger partial charge is 0.383 e. The summed E-state index contributed by atoms with van der Waals surface area (Å²) in [6.45, 7) is 2.48. The van der Waals surface area contributed by atoms with E-state index in [-0.39, 0.29) is 23.9 Å². The lowest BCUT2D eigenvalue weighted by molar-refractivity contribution is -0.161. The second-order valence-corrected chi connectivity index (χ2v) is 6.93. The monoisotopic (exact) mass is 294 g/mol. The van der Waals surface area contributed by atoms with Crippen molar-refractivity contribution in [1.29, 1.82) is 0 Å². The number of rotatable bonds is 4. The summed E-state index contributed by atoms with van der Waals surface area (Å²) in [7, 11) is 1.65. The van der Waals surface area contributed by atoms with Gasteiger partial charge in [0.2, 0.25) is 11.8 Å². The maximum absolute atomic E-state index is 13.2. The standard InChI is InChI=1S/C16H26N2O3/c1-11(10-21-2)18-13(12-6-7-12)14(19)17-16(15(18)20)8-4-3-5-9-16/h11-13H,3-10H2,1-2H3,(H,17,19). The summed E-state index contributed by atoms with van der Waals surface area (Å²) in [6, 6.07) is -0.326. The molecule has 118 valence electrons. The highest BCUT2D eigenvalue weighted by Crippen LogP contribution is 2.41.